The standard InChI is InChI=1S/C24H25ClN2O3/c1-15-11-16(2)14-26(13-15)22-21(17-7-5-4-6-8-17)23(28)27(24(22)29)18-9-10-20(30-3)19(25)12-18/h4-10,12,15-16H,11,13-14H2,1-3H3. The van der Waals surface area contributed by atoms with Gasteiger partial charge in [-0.3, -0.25) is 9.59 Å². The van der Waals surface area contributed by atoms with E-state index in [-0.39, 0.29) is 11.8 Å². The lowest BCUT2D eigenvalue weighted by atomic mass is 9.91. The third kappa shape index (κ3) is 3.58. The number of carbonyl (C=O) groups is 2. The van der Waals surface area contributed by atoms with Crippen molar-refractivity contribution in [1.29, 1.82) is 0 Å². The summed E-state index contributed by atoms with van der Waals surface area (Å²) in [5, 5.41) is 0.352. The first-order valence-corrected chi connectivity index (χ1v) is 10.6. The number of hydrogen-bond acceptors (Lipinski definition) is 4. The van der Waals surface area contributed by atoms with Crippen LogP contribution >= 0.6 is 11.6 Å². The molecule has 2 atom stereocenters. The summed E-state index contributed by atoms with van der Waals surface area (Å²) in [4.78, 5) is 30.5. The van der Waals surface area contributed by atoms with Crippen molar-refractivity contribution in [3.05, 3.63) is 64.8 Å². The molecule has 2 amide bonds. The van der Waals surface area contributed by atoms with Gasteiger partial charge in [0.15, 0.2) is 0 Å². The molecule has 2 aromatic carbocycles. The monoisotopic (exact) mass is 424 g/mol. The molecule has 5 nitrogen and oxygen atoms in total. The van der Waals surface area contributed by atoms with Gasteiger partial charge in [-0.25, -0.2) is 4.90 Å². The normalized spacial score (nSPS) is 22.1. The average Bonchev–Trinajstić information content (AvgIpc) is 2.98. The quantitative estimate of drug-likeness (QED) is 0.672. The molecule has 0 aromatic heterocycles. The molecule has 2 aliphatic rings. The van der Waals surface area contributed by atoms with Crippen molar-refractivity contribution in [3.8, 4) is 5.75 Å². The van der Waals surface area contributed by atoms with Crippen LogP contribution in [0.25, 0.3) is 5.57 Å². The van der Waals surface area contributed by atoms with Crippen molar-refractivity contribution < 1.29 is 14.3 Å². The van der Waals surface area contributed by atoms with Crippen LogP contribution in [0.2, 0.25) is 5.02 Å². The second kappa shape index (κ2) is 8.15. The van der Waals surface area contributed by atoms with Crippen molar-refractivity contribution >= 4 is 34.7 Å². The van der Waals surface area contributed by atoms with Gasteiger partial charge < -0.3 is 9.64 Å². The Hall–Kier alpha value is -2.79. The number of benzene rings is 2. The van der Waals surface area contributed by atoms with Crippen molar-refractivity contribution in [1.82, 2.24) is 4.90 Å². The van der Waals surface area contributed by atoms with Crippen molar-refractivity contribution in [2.24, 2.45) is 11.8 Å². The summed E-state index contributed by atoms with van der Waals surface area (Å²) in [6.07, 6.45) is 1.12. The Labute approximate surface area is 181 Å². The van der Waals surface area contributed by atoms with Crippen LogP contribution in [0.15, 0.2) is 54.2 Å². The van der Waals surface area contributed by atoms with Crippen LogP contribution in [-0.2, 0) is 9.59 Å². The van der Waals surface area contributed by atoms with Gasteiger partial charge in [-0.15, -0.1) is 0 Å². The molecule has 0 saturated carbocycles. The number of nitrogens with zero attached hydrogens (tertiary/aromatic N) is 2. The number of imide groups is 1. The summed E-state index contributed by atoms with van der Waals surface area (Å²) < 4.78 is 5.21. The number of rotatable bonds is 4. The van der Waals surface area contributed by atoms with E-state index >= 15 is 0 Å². The van der Waals surface area contributed by atoms with Gasteiger partial charge in [-0.1, -0.05) is 55.8 Å². The van der Waals surface area contributed by atoms with E-state index in [1.165, 1.54) is 12.0 Å². The molecule has 0 bridgehead atoms. The van der Waals surface area contributed by atoms with E-state index in [1.807, 2.05) is 30.3 Å². The number of piperidine rings is 1. The van der Waals surface area contributed by atoms with Crippen LogP contribution in [0.1, 0.15) is 25.8 Å². The molecule has 2 aliphatic heterocycles. The predicted molar refractivity (Wildman–Crippen MR) is 118 cm³/mol. The first-order valence-electron chi connectivity index (χ1n) is 10.2. The van der Waals surface area contributed by atoms with E-state index in [0.717, 1.165) is 25.1 Å². The van der Waals surface area contributed by atoms with Gasteiger partial charge >= 0.3 is 0 Å². The fourth-order valence-corrected chi connectivity index (χ4v) is 4.80. The number of amides is 2. The third-order valence-electron chi connectivity index (χ3n) is 5.70. The molecule has 1 saturated heterocycles. The largest absolute Gasteiger partial charge is 0.495 e. The second-order valence-corrected chi connectivity index (χ2v) is 8.61. The first kappa shape index (κ1) is 20.5. The Morgan fingerprint density at radius 2 is 1.63 bits per heavy atom. The molecular formula is C24H25ClN2O3. The molecule has 2 aromatic rings. The minimum atomic E-state index is -0.326. The molecule has 4 rings (SSSR count). The maximum Gasteiger partial charge on any atom is 0.282 e. The van der Waals surface area contributed by atoms with Crippen LogP contribution in [0.5, 0.6) is 5.75 Å². The minimum absolute atomic E-state index is 0.304. The lowest BCUT2D eigenvalue weighted by Crippen LogP contribution is -2.42. The molecule has 156 valence electrons. The zero-order valence-electron chi connectivity index (χ0n) is 17.4. The van der Waals surface area contributed by atoms with Crippen LogP contribution in [0.4, 0.5) is 5.69 Å². The SMILES string of the molecule is COc1ccc(N2C(=O)C(c3ccccc3)=C(N3CC(C)CC(C)C3)C2=O)cc1Cl. The van der Waals surface area contributed by atoms with E-state index in [1.54, 1.807) is 18.2 Å². The Morgan fingerprint density at radius 1 is 0.967 bits per heavy atom. The maximum atomic E-state index is 13.6. The molecular weight excluding hydrogens is 400 g/mol. The van der Waals surface area contributed by atoms with Crippen LogP contribution in [-0.4, -0.2) is 36.9 Å². The lowest BCUT2D eigenvalue weighted by molar-refractivity contribution is -0.120. The van der Waals surface area contributed by atoms with Gasteiger partial charge in [-0.05, 0) is 42.0 Å². The molecule has 30 heavy (non-hydrogen) atoms. The summed E-state index contributed by atoms with van der Waals surface area (Å²) in [6.45, 7) is 5.89. The number of methoxy groups -OCH3 is 1. The zero-order chi connectivity index (χ0) is 21.4. The fraction of sp³-hybridized carbons (Fsp3) is 0.333. The molecule has 0 spiro atoms. The lowest BCUT2D eigenvalue weighted by Gasteiger charge is -2.37. The van der Waals surface area contributed by atoms with Crippen molar-refractivity contribution in [2.75, 3.05) is 25.1 Å². The summed E-state index contributed by atoms with van der Waals surface area (Å²) >= 11 is 6.28. The highest BCUT2D eigenvalue weighted by Gasteiger charge is 2.43. The van der Waals surface area contributed by atoms with Gasteiger partial charge in [0.2, 0.25) is 0 Å². The fourth-order valence-electron chi connectivity index (χ4n) is 4.55. The Kier molecular flexibility index (Phi) is 5.56. The molecule has 0 N–H and O–H groups in total. The van der Waals surface area contributed by atoms with Crippen LogP contribution in [0.3, 0.4) is 0 Å². The summed E-state index contributed by atoms with van der Waals surface area (Å²) in [5.74, 6) is 0.765. The molecule has 0 radical (unpaired) electrons. The molecule has 2 unspecified atom stereocenters. The summed E-state index contributed by atoms with van der Waals surface area (Å²) in [7, 11) is 1.53. The second-order valence-electron chi connectivity index (χ2n) is 8.21. The first-order chi connectivity index (χ1) is 14.4. The number of likely N-dealkylation sites (tertiary alicyclic amines) is 1. The number of carbonyl (C=O) groups excluding carboxylic acids is 2. The van der Waals surface area contributed by atoms with E-state index in [2.05, 4.69) is 18.7 Å². The Morgan fingerprint density at radius 3 is 2.23 bits per heavy atom. The Balaban J connectivity index is 1.81. The highest BCUT2D eigenvalue weighted by Crippen LogP contribution is 2.39. The number of ether oxygens (including phenoxy) is 1. The van der Waals surface area contributed by atoms with E-state index in [9.17, 15) is 9.59 Å². The van der Waals surface area contributed by atoms with Crippen LogP contribution < -0.4 is 9.64 Å². The average molecular weight is 425 g/mol. The number of anilines is 1. The summed E-state index contributed by atoms with van der Waals surface area (Å²) in [5.41, 5.74) is 2.13. The third-order valence-corrected chi connectivity index (χ3v) is 6.00. The predicted octanol–water partition coefficient (Wildman–Crippen LogP) is 4.61. The number of hydrogen-bond donors (Lipinski definition) is 0. The topological polar surface area (TPSA) is 49.9 Å². The van der Waals surface area contributed by atoms with Gasteiger partial charge in [0.25, 0.3) is 11.8 Å². The minimum Gasteiger partial charge on any atom is -0.495 e. The van der Waals surface area contributed by atoms with E-state index in [4.69, 9.17) is 16.3 Å². The molecule has 1 fully saturated rings. The van der Waals surface area contributed by atoms with E-state index < -0.39 is 0 Å². The van der Waals surface area contributed by atoms with Crippen LogP contribution in [0, 0.1) is 11.8 Å². The highest BCUT2D eigenvalue weighted by atomic mass is 35.5. The van der Waals surface area contributed by atoms with Gasteiger partial charge in [0.05, 0.1) is 23.4 Å². The smallest absolute Gasteiger partial charge is 0.282 e. The summed E-state index contributed by atoms with van der Waals surface area (Å²) in [6, 6.07) is 14.4. The van der Waals surface area contributed by atoms with Crippen molar-refractivity contribution in [2.45, 2.75) is 20.3 Å². The maximum absolute atomic E-state index is 13.6. The Bertz CT molecular complexity index is 1010. The van der Waals surface area contributed by atoms with Crippen molar-refractivity contribution in [3.63, 3.8) is 0 Å². The van der Waals surface area contributed by atoms with Gasteiger partial charge in [-0.2, -0.15) is 0 Å². The zero-order valence-corrected chi connectivity index (χ0v) is 18.1. The van der Waals surface area contributed by atoms with Gasteiger partial charge in [0, 0.05) is 13.1 Å². The number of halogens is 1. The molecule has 2 heterocycles. The molecule has 0 aliphatic carbocycles. The molecule has 6 heteroatoms. The van der Waals surface area contributed by atoms with Gasteiger partial charge in [0.1, 0.15) is 11.4 Å². The highest BCUT2D eigenvalue weighted by molar-refractivity contribution is 6.45. The van der Waals surface area contributed by atoms with E-state index in [0.29, 0.717) is 39.6 Å².